The van der Waals surface area contributed by atoms with Gasteiger partial charge in [-0.2, -0.15) is 0 Å². The van der Waals surface area contributed by atoms with Crippen molar-refractivity contribution in [3.63, 3.8) is 0 Å². The zero-order chi connectivity index (χ0) is 15.3. The number of nitrogens with zero attached hydrogens (tertiary/aromatic N) is 1. The Morgan fingerprint density at radius 1 is 1.14 bits per heavy atom. The number of nitrogens with one attached hydrogen (secondary N) is 2. The third-order valence-corrected chi connectivity index (χ3v) is 5.44. The van der Waals surface area contributed by atoms with E-state index in [9.17, 15) is 18.5 Å². The smallest absolute Gasteiger partial charge is 0.269 e. The molecular weight excluding hydrogens is 314 g/mol. The quantitative estimate of drug-likeness (QED) is 0.460. The predicted octanol–water partition coefficient (Wildman–Crippen LogP) is 2.05. The first-order valence-corrected chi connectivity index (χ1v) is 8.37. The van der Waals surface area contributed by atoms with E-state index in [2.05, 4.69) is 10.0 Å². The van der Waals surface area contributed by atoms with Gasteiger partial charge in [-0.25, -0.2) is 13.1 Å². The Kier molecular flexibility index (Phi) is 4.89. The fourth-order valence-corrected chi connectivity index (χ4v) is 3.65. The molecule has 2 aromatic rings. The van der Waals surface area contributed by atoms with Gasteiger partial charge in [0, 0.05) is 30.9 Å². The van der Waals surface area contributed by atoms with Crippen LogP contribution in [0.4, 0.5) is 11.4 Å². The predicted molar refractivity (Wildman–Crippen MR) is 81.1 cm³/mol. The maximum absolute atomic E-state index is 11.8. The third kappa shape index (κ3) is 4.25. The fourth-order valence-electron chi connectivity index (χ4n) is 1.58. The molecule has 0 aliphatic heterocycles. The highest BCUT2D eigenvalue weighted by atomic mass is 32.2. The van der Waals surface area contributed by atoms with Crippen LogP contribution in [0.1, 0.15) is 0 Å². The lowest BCUT2D eigenvalue weighted by Gasteiger charge is -2.07. The van der Waals surface area contributed by atoms with Gasteiger partial charge in [0.15, 0.2) is 0 Å². The van der Waals surface area contributed by atoms with Crippen molar-refractivity contribution in [2.45, 2.75) is 4.21 Å². The first-order valence-electron chi connectivity index (χ1n) is 6.00. The van der Waals surface area contributed by atoms with Crippen molar-refractivity contribution in [3.05, 3.63) is 51.9 Å². The molecule has 112 valence electrons. The van der Waals surface area contributed by atoms with Gasteiger partial charge >= 0.3 is 0 Å². The van der Waals surface area contributed by atoms with Gasteiger partial charge in [-0.1, -0.05) is 6.07 Å². The van der Waals surface area contributed by atoms with Crippen molar-refractivity contribution in [2.24, 2.45) is 0 Å². The average Bonchev–Trinajstić information content (AvgIpc) is 2.99. The molecule has 21 heavy (non-hydrogen) atoms. The molecule has 2 N–H and O–H groups in total. The van der Waals surface area contributed by atoms with E-state index >= 15 is 0 Å². The van der Waals surface area contributed by atoms with Gasteiger partial charge in [0.25, 0.3) is 5.69 Å². The standard InChI is InChI=1S/C12H13N3O4S2/c16-15(17)11-5-3-10(4-6-11)13-7-8-14-21(18,19)12-2-1-9-20-12/h1-6,9,13-14H,7-8H2. The Bertz CT molecular complexity index is 697. The van der Waals surface area contributed by atoms with Gasteiger partial charge < -0.3 is 5.32 Å². The van der Waals surface area contributed by atoms with Crippen molar-refractivity contribution in [1.29, 1.82) is 0 Å². The molecule has 9 heteroatoms. The summed E-state index contributed by atoms with van der Waals surface area (Å²) < 4.78 is 26.4. The number of hydrogen-bond donors (Lipinski definition) is 2. The summed E-state index contributed by atoms with van der Waals surface area (Å²) in [5.74, 6) is 0. The largest absolute Gasteiger partial charge is 0.384 e. The molecule has 0 aliphatic carbocycles. The number of benzene rings is 1. The van der Waals surface area contributed by atoms with Crippen LogP contribution in [0.5, 0.6) is 0 Å². The lowest BCUT2D eigenvalue weighted by atomic mass is 10.3. The van der Waals surface area contributed by atoms with E-state index in [-0.39, 0.29) is 16.4 Å². The van der Waals surface area contributed by atoms with Crippen LogP contribution < -0.4 is 10.0 Å². The second kappa shape index (κ2) is 6.66. The Hall–Kier alpha value is -1.97. The fraction of sp³-hybridized carbons (Fsp3) is 0.167. The molecule has 0 aliphatic rings. The molecule has 0 fully saturated rings. The number of hydrogen-bond acceptors (Lipinski definition) is 6. The topological polar surface area (TPSA) is 101 Å². The highest BCUT2D eigenvalue weighted by molar-refractivity contribution is 7.91. The van der Waals surface area contributed by atoms with Gasteiger partial charge in [-0.3, -0.25) is 10.1 Å². The van der Waals surface area contributed by atoms with E-state index in [4.69, 9.17) is 0 Å². The normalized spacial score (nSPS) is 11.2. The van der Waals surface area contributed by atoms with Crippen LogP contribution in [0, 0.1) is 10.1 Å². The second-order valence-electron chi connectivity index (χ2n) is 4.06. The first kappa shape index (κ1) is 15.4. The molecule has 1 aromatic carbocycles. The molecule has 0 bridgehead atoms. The minimum atomic E-state index is -3.45. The van der Waals surface area contributed by atoms with Crippen LogP contribution in [-0.2, 0) is 10.0 Å². The Balaban J connectivity index is 1.81. The van der Waals surface area contributed by atoms with Crippen molar-refractivity contribution >= 4 is 32.7 Å². The highest BCUT2D eigenvalue weighted by Crippen LogP contribution is 2.16. The lowest BCUT2D eigenvalue weighted by Crippen LogP contribution is -2.28. The van der Waals surface area contributed by atoms with Crippen molar-refractivity contribution in [2.75, 3.05) is 18.4 Å². The summed E-state index contributed by atoms with van der Waals surface area (Å²) in [5.41, 5.74) is 0.704. The molecule has 1 heterocycles. The average molecular weight is 327 g/mol. The van der Waals surface area contributed by atoms with Crippen molar-refractivity contribution in [3.8, 4) is 0 Å². The second-order valence-corrected chi connectivity index (χ2v) is 7.00. The van der Waals surface area contributed by atoms with Gasteiger partial charge in [-0.15, -0.1) is 11.3 Å². The molecule has 0 unspecified atom stereocenters. The van der Waals surface area contributed by atoms with E-state index in [0.717, 1.165) is 11.3 Å². The summed E-state index contributed by atoms with van der Waals surface area (Å²) in [7, 11) is -3.45. The van der Waals surface area contributed by atoms with E-state index in [1.165, 1.54) is 18.2 Å². The maximum atomic E-state index is 11.8. The molecule has 0 saturated carbocycles. The van der Waals surface area contributed by atoms with Crippen molar-refractivity contribution in [1.82, 2.24) is 4.72 Å². The summed E-state index contributed by atoms with van der Waals surface area (Å²) in [6.07, 6.45) is 0. The van der Waals surface area contributed by atoms with Gasteiger partial charge in [-0.05, 0) is 23.6 Å². The number of nitro benzene ring substituents is 1. The number of anilines is 1. The Labute approximate surface area is 125 Å². The summed E-state index contributed by atoms with van der Waals surface area (Å²) >= 11 is 1.15. The van der Waals surface area contributed by atoms with Crippen LogP contribution in [0.25, 0.3) is 0 Å². The molecule has 7 nitrogen and oxygen atoms in total. The molecule has 0 saturated heterocycles. The SMILES string of the molecule is O=[N+]([O-])c1ccc(NCCNS(=O)(=O)c2cccs2)cc1. The lowest BCUT2D eigenvalue weighted by molar-refractivity contribution is -0.384. The van der Waals surface area contributed by atoms with E-state index in [0.29, 0.717) is 12.2 Å². The number of non-ortho nitro benzene ring substituents is 1. The van der Waals surface area contributed by atoms with Crippen LogP contribution in [0.2, 0.25) is 0 Å². The van der Waals surface area contributed by atoms with Crippen molar-refractivity contribution < 1.29 is 13.3 Å². The molecule has 0 spiro atoms. The van der Waals surface area contributed by atoms with Crippen LogP contribution in [-0.4, -0.2) is 26.4 Å². The number of sulfonamides is 1. The van der Waals surface area contributed by atoms with Gasteiger partial charge in [0.2, 0.25) is 10.0 Å². The first-order chi connectivity index (χ1) is 9.99. The summed E-state index contributed by atoms with van der Waals surface area (Å²) in [6.45, 7) is 0.597. The molecule has 0 radical (unpaired) electrons. The number of rotatable bonds is 7. The van der Waals surface area contributed by atoms with E-state index in [1.807, 2.05) is 0 Å². The molecule has 0 amide bonds. The van der Waals surface area contributed by atoms with Crippen LogP contribution in [0.15, 0.2) is 46.0 Å². The minimum absolute atomic E-state index is 0.0129. The van der Waals surface area contributed by atoms with Crippen LogP contribution in [0.3, 0.4) is 0 Å². The summed E-state index contributed by atoms with van der Waals surface area (Å²) in [5, 5.41) is 15.2. The number of nitro groups is 1. The third-order valence-electron chi connectivity index (χ3n) is 2.58. The summed E-state index contributed by atoms with van der Waals surface area (Å²) in [4.78, 5) is 10.0. The van der Waals surface area contributed by atoms with Gasteiger partial charge in [0.05, 0.1) is 4.92 Å². The molecular formula is C12H13N3O4S2. The number of thiophene rings is 1. The Morgan fingerprint density at radius 2 is 1.86 bits per heavy atom. The van der Waals surface area contributed by atoms with E-state index < -0.39 is 14.9 Å². The molecule has 1 aromatic heterocycles. The van der Waals surface area contributed by atoms with Gasteiger partial charge in [0.1, 0.15) is 4.21 Å². The minimum Gasteiger partial charge on any atom is -0.384 e. The zero-order valence-corrected chi connectivity index (χ0v) is 12.5. The molecule has 0 atom stereocenters. The van der Waals surface area contributed by atoms with Crippen LogP contribution >= 0.6 is 11.3 Å². The Morgan fingerprint density at radius 3 is 2.43 bits per heavy atom. The molecule has 2 rings (SSSR count). The van der Waals surface area contributed by atoms with E-state index in [1.54, 1.807) is 23.6 Å². The summed E-state index contributed by atoms with van der Waals surface area (Å²) in [6, 6.07) is 9.14. The highest BCUT2D eigenvalue weighted by Gasteiger charge is 2.13. The maximum Gasteiger partial charge on any atom is 0.269 e. The monoisotopic (exact) mass is 327 g/mol. The zero-order valence-electron chi connectivity index (χ0n) is 10.9.